The summed E-state index contributed by atoms with van der Waals surface area (Å²) in [6.45, 7) is 1.88. The van der Waals surface area contributed by atoms with Crippen LogP contribution in [0.4, 0.5) is 5.69 Å². The molecule has 1 aromatic rings. The quantitative estimate of drug-likeness (QED) is 0.727. The average molecular weight is 195 g/mol. The molecule has 0 unspecified atom stereocenters. The predicted octanol–water partition coefficient (Wildman–Crippen LogP) is 2.31. The third kappa shape index (κ3) is 2.04. The lowest BCUT2D eigenvalue weighted by atomic mass is 10.1. The molecule has 0 heterocycles. The molecule has 1 rings (SSSR count). The van der Waals surface area contributed by atoms with Gasteiger partial charge in [0.25, 0.3) is 0 Å². The van der Waals surface area contributed by atoms with E-state index in [4.69, 9.17) is 15.2 Å². The Labute approximate surface area is 82.6 Å². The van der Waals surface area contributed by atoms with Gasteiger partial charge in [-0.15, -0.1) is 5.23 Å². The van der Waals surface area contributed by atoms with Crippen LogP contribution in [0.3, 0.4) is 0 Å². The summed E-state index contributed by atoms with van der Waals surface area (Å²) in [5.41, 5.74) is 1.00. The third-order valence-corrected chi connectivity index (χ3v) is 1.79. The van der Waals surface area contributed by atoms with Crippen molar-refractivity contribution in [2.45, 2.75) is 6.92 Å². The fourth-order valence-corrected chi connectivity index (χ4v) is 1.23. The number of allylic oxidation sites excluding steroid dienone is 1. The van der Waals surface area contributed by atoms with Crippen molar-refractivity contribution < 1.29 is 15.2 Å². The maximum atomic E-state index is 8.91. The highest BCUT2D eigenvalue weighted by Crippen LogP contribution is 2.31. The first-order valence-corrected chi connectivity index (χ1v) is 4.18. The van der Waals surface area contributed by atoms with Crippen molar-refractivity contribution in [1.29, 1.82) is 0 Å². The Balaban J connectivity index is 3.24. The van der Waals surface area contributed by atoms with Gasteiger partial charge in [-0.1, -0.05) is 24.3 Å². The van der Waals surface area contributed by atoms with Crippen molar-refractivity contribution in [2.75, 3.05) is 12.3 Å². The molecule has 2 N–H and O–H groups in total. The largest absolute Gasteiger partial charge is 0.494 e. The van der Waals surface area contributed by atoms with Crippen molar-refractivity contribution in [3.8, 4) is 5.75 Å². The minimum absolute atomic E-state index is 0.0475. The van der Waals surface area contributed by atoms with Crippen molar-refractivity contribution >= 4 is 11.8 Å². The van der Waals surface area contributed by atoms with Gasteiger partial charge in [0.15, 0.2) is 5.75 Å². The average Bonchev–Trinajstić information content (AvgIpc) is 2.18. The molecule has 0 spiro atoms. The Morgan fingerprint density at radius 1 is 1.36 bits per heavy atom. The molecular formula is C10H13NO3. The highest BCUT2D eigenvalue weighted by Gasteiger charge is 2.10. The number of para-hydroxylation sites is 1. The zero-order valence-corrected chi connectivity index (χ0v) is 8.14. The molecule has 76 valence electrons. The molecule has 0 radical (unpaired) electrons. The van der Waals surface area contributed by atoms with Gasteiger partial charge in [-0.25, -0.2) is 0 Å². The monoisotopic (exact) mass is 195 g/mol. The molecule has 0 bridgehead atoms. The molecular weight excluding hydrogens is 182 g/mol. The molecule has 0 aliphatic rings. The smallest absolute Gasteiger partial charge is 0.154 e. The van der Waals surface area contributed by atoms with E-state index in [2.05, 4.69) is 0 Å². The van der Waals surface area contributed by atoms with Crippen LogP contribution in [0.2, 0.25) is 0 Å². The lowest BCUT2D eigenvalue weighted by molar-refractivity contribution is 0.0279. The molecule has 0 aliphatic carbocycles. The van der Waals surface area contributed by atoms with E-state index in [1.54, 1.807) is 12.1 Å². The number of nitrogens with zero attached hydrogens (tertiary/aromatic N) is 1. The van der Waals surface area contributed by atoms with Crippen molar-refractivity contribution in [2.24, 2.45) is 0 Å². The van der Waals surface area contributed by atoms with Gasteiger partial charge in [0.05, 0.1) is 7.11 Å². The number of benzene rings is 1. The lowest BCUT2D eigenvalue weighted by Crippen LogP contribution is -2.12. The first-order valence-electron chi connectivity index (χ1n) is 4.18. The zero-order chi connectivity index (χ0) is 10.6. The highest BCUT2D eigenvalue weighted by atomic mass is 16.8. The van der Waals surface area contributed by atoms with Crippen LogP contribution in [-0.2, 0) is 0 Å². The van der Waals surface area contributed by atoms with Crippen LogP contribution in [0.25, 0.3) is 6.08 Å². The van der Waals surface area contributed by atoms with Crippen molar-refractivity contribution in [1.82, 2.24) is 0 Å². The predicted molar refractivity (Wildman–Crippen MR) is 53.8 cm³/mol. The second kappa shape index (κ2) is 4.64. The van der Waals surface area contributed by atoms with Gasteiger partial charge in [0.1, 0.15) is 5.69 Å². The summed E-state index contributed by atoms with van der Waals surface area (Å²) >= 11 is 0. The Kier molecular flexibility index (Phi) is 3.50. The molecule has 0 saturated carbocycles. The Bertz CT molecular complexity index is 334. The van der Waals surface area contributed by atoms with Crippen LogP contribution in [0, 0.1) is 0 Å². The number of hydrogen-bond acceptors (Lipinski definition) is 4. The summed E-state index contributed by atoms with van der Waals surface area (Å²) < 4.78 is 5.08. The van der Waals surface area contributed by atoms with Crippen LogP contribution in [0.5, 0.6) is 5.75 Å². The third-order valence-electron chi connectivity index (χ3n) is 1.79. The maximum absolute atomic E-state index is 8.91. The summed E-state index contributed by atoms with van der Waals surface area (Å²) in [5.74, 6) is 0.426. The molecule has 4 heteroatoms. The summed E-state index contributed by atoms with van der Waals surface area (Å²) in [6, 6.07) is 5.09. The van der Waals surface area contributed by atoms with E-state index in [-0.39, 0.29) is 10.9 Å². The van der Waals surface area contributed by atoms with Gasteiger partial charge in [-0.2, -0.15) is 0 Å². The Morgan fingerprint density at radius 2 is 2.07 bits per heavy atom. The van der Waals surface area contributed by atoms with Crippen LogP contribution >= 0.6 is 0 Å². The Morgan fingerprint density at radius 3 is 2.57 bits per heavy atom. The van der Waals surface area contributed by atoms with Crippen LogP contribution < -0.4 is 9.96 Å². The molecule has 0 atom stereocenters. The van der Waals surface area contributed by atoms with Gasteiger partial charge in [0.2, 0.25) is 0 Å². The van der Waals surface area contributed by atoms with Gasteiger partial charge < -0.3 is 4.74 Å². The Hall–Kier alpha value is -1.52. The van der Waals surface area contributed by atoms with Crippen molar-refractivity contribution in [3.05, 3.63) is 29.8 Å². The van der Waals surface area contributed by atoms with Gasteiger partial charge in [-0.05, 0) is 13.0 Å². The number of hydrogen-bond donors (Lipinski definition) is 2. The second-order valence-corrected chi connectivity index (χ2v) is 2.69. The first kappa shape index (κ1) is 10.6. The molecule has 0 aromatic heterocycles. The zero-order valence-electron chi connectivity index (χ0n) is 8.14. The van der Waals surface area contributed by atoms with Gasteiger partial charge in [0, 0.05) is 5.56 Å². The normalized spacial score (nSPS) is 10.6. The summed E-state index contributed by atoms with van der Waals surface area (Å²) in [4.78, 5) is 0. The fraction of sp³-hybridized carbons (Fsp3) is 0.200. The number of anilines is 1. The van der Waals surface area contributed by atoms with Crippen LogP contribution in [0.1, 0.15) is 12.5 Å². The topological polar surface area (TPSA) is 52.9 Å². The van der Waals surface area contributed by atoms with Crippen molar-refractivity contribution in [3.63, 3.8) is 0 Å². The lowest BCUT2D eigenvalue weighted by Gasteiger charge is -2.14. The molecule has 0 amide bonds. The number of methoxy groups -OCH3 is 1. The van der Waals surface area contributed by atoms with Crippen LogP contribution in [0.15, 0.2) is 24.3 Å². The number of rotatable bonds is 3. The highest BCUT2D eigenvalue weighted by molar-refractivity contribution is 5.68. The molecule has 0 aliphatic heterocycles. The van der Waals surface area contributed by atoms with E-state index < -0.39 is 0 Å². The summed E-state index contributed by atoms with van der Waals surface area (Å²) in [6.07, 6.45) is 3.67. The standard InChI is InChI=1S/C10H13NO3/c1-3-5-8-6-4-7-9(11(12)13)10(8)14-2/h3-7,12-13H,1-2H3. The first-order chi connectivity index (χ1) is 6.70. The minimum Gasteiger partial charge on any atom is -0.494 e. The van der Waals surface area contributed by atoms with Gasteiger partial charge in [-0.3, -0.25) is 10.4 Å². The van der Waals surface area contributed by atoms with E-state index in [1.807, 2.05) is 25.1 Å². The SMILES string of the molecule is CC=Cc1cccc(N(O)O)c1OC. The summed E-state index contributed by atoms with van der Waals surface area (Å²) in [5, 5.41) is 17.9. The molecule has 0 fully saturated rings. The van der Waals surface area contributed by atoms with Gasteiger partial charge >= 0.3 is 0 Å². The van der Waals surface area contributed by atoms with E-state index in [0.717, 1.165) is 5.56 Å². The molecule has 14 heavy (non-hydrogen) atoms. The molecule has 1 aromatic carbocycles. The molecule has 4 nitrogen and oxygen atoms in total. The fourth-order valence-electron chi connectivity index (χ4n) is 1.23. The van der Waals surface area contributed by atoms with E-state index in [1.165, 1.54) is 7.11 Å². The second-order valence-electron chi connectivity index (χ2n) is 2.69. The van der Waals surface area contributed by atoms with Crippen LogP contribution in [-0.4, -0.2) is 17.5 Å². The number of ether oxygens (including phenoxy) is 1. The molecule has 0 saturated heterocycles. The maximum Gasteiger partial charge on any atom is 0.154 e. The van der Waals surface area contributed by atoms with E-state index in [0.29, 0.717) is 5.75 Å². The summed E-state index contributed by atoms with van der Waals surface area (Å²) in [7, 11) is 1.48. The van der Waals surface area contributed by atoms with E-state index >= 15 is 0 Å². The van der Waals surface area contributed by atoms with E-state index in [9.17, 15) is 0 Å². The minimum atomic E-state index is 0.0475.